The van der Waals surface area contributed by atoms with Gasteiger partial charge in [0.25, 0.3) is 0 Å². The molecule has 0 saturated heterocycles. The van der Waals surface area contributed by atoms with Crippen molar-refractivity contribution in [2.75, 3.05) is 13.2 Å². The van der Waals surface area contributed by atoms with Gasteiger partial charge >= 0.3 is 5.97 Å². The predicted molar refractivity (Wildman–Crippen MR) is 55.4 cm³/mol. The Labute approximate surface area is 81.0 Å². The van der Waals surface area contributed by atoms with Crippen LogP contribution < -0.4 is 5.73 Å². The summed E-state index contributed by atoms with van der Waals surface area (Å²) < 4.78 is 4.75. The average Bonchev–Trinajstić information content (AvgIpc) is 2.06. The Morgan fingerprint density at radius 3 is 2.15 bits per heavy atom. The molecule has 3 nitrogen and oxygen atoms in total. The molecule has 0 radical (unpaired) electrons. The standard InChI is InChI=1S/C8H14O2.C2H7N/c1-4-6-7(3)8(9)10-5-2;1-2-3/h6H,4-5H2,1-3H3;2-3H2,1H3. The Morgan fingerprint density at radius 1 is 1.38 bits per heavy atom. The van der Waals surface area contributed by atoms with Crippen molar-refractivity contribution in [3.63, 3.8) is 0 Å². The first kappa shape index (κ1) is 14.7. The molecule has 0 aliphatic carbocycles. The summed E-state index contributed by atoms with van der Waals surface area (Å²) in [6, 6.07) is 0. The van der Waals surface area contributed by atoms with Crippen LogP contribution in [0.3, 0.4) is 0 Å². The lowest BCUT2D eigenvalue weighted by Crippen LogP contribution is -2.04. The van der Waals surface area contributed by atoms with Crippen molar-refractivity contribution in [1.29, 1.82) is 0 Å². The maximum Gasteiger partial charge on any atom is 0.333 e. The second-order valence-electron chi connectivity index (χ2n) is 2.42. The van der Waals surface area contributed by atoms with Crippen molar-refractivity contribution >= 4 is 5.97 Å². The first-order valence-corrected chi connectivity index (χ1v) is 4.67. The molecule has 0 heterocycles. The third kappa shape index (κ3) is 11.2. The van der Waals surface area contributed by atoms with E-state index in [4.69, 9.17) is 10.5 Å². The Kier molecular flexibility index (Phi) is 12.6. The van der Waals surface area contributed by atoms with Crippen LogP contribution in [-0.4, -0.2) is 19.1 Å². The summed E-state index contributed by atoms with van der Waals surface area (Å²) in [6.45, 7) is 8.66. The molecule has 0 amide bonds. The quantitative estimate of drug-likeness (QED) is 0.542. The average molecular weight is 187 g/mol. The second kappa shape index (κ2) is 11.2. The van der Waals surface area contributed by atoms with E-state index in [-0.39, 0.29) is 5.97 Å². The number of ether oxygens (including phenoxy) is 1. The number of allylic oxidation sites excluding steroid dienone is 1. The van der Waals surface area contributed by atoms with Gasteiger partial charge in [0.2, 0.25) is 0 Å². The van der Waals surface area contributed by atoms with Gasteiger partial charge in [-0.2, -0.15) is 0 Å². The van der Waals surface area contributed by atoms with Crippen LogP contribution in [0, 0.1) is 0 Å². The van der Waals surface area contributed by atoms with Crippen LogP contribution in [0.4, 0.5) is 0 Å². The minimum atomic E-state index is -0.204. The van der Waals surface area contributed by atoms with Crippen LogP contribution in [0.1, 0.15) is 34.1 Å². The summed E-state index contributed by atoms with van der Waals surface area (Å²) in [4.78, 5) is 10.8. The molecule has 0 atom stereocenters. The lowest BCUT2D eigenvalue weighted by atomic mass is 10.2. The maximum atomic E-state index is 10.8. The highest BCUT2D eigenvalue weighted by atomic mass is 16.5. The molecule has 0 spiro atoms. The van der Waals surface area contributed by atoms with E-state index in [9.17, 15) is 4.79 Å². The second-order valence-corrected chi connectivity index (χ2v) is 2.42. The van der Waals surface area contributed by atoms with Crippen LogP contribution in [-0.2, 0) is 9.53 Å². The number of nitrogens with two attached hydrogens (primary N) is 1. The fraction of sp³-hybridized carbons (Fsp3) is 0.700. The van der Waals surface area contributed by atoms with Crippen LogP contribution in [0.2, 0.25) is 0 Å². The SMILES string of the molecule is CCC=C(C)C(=O)OCC.CCN. The zero-order valence-electron chi connectivity index (χ0n) is 9.09. The molecule has 0 aliphatic rings. The van der Waals surface area contributed by atoms with Crippen LogP contribution >= 0.6 is 0 Å². The third-order valence-electron chi connectivity index (χ3n) is 1.11. The number of hydrogen-bond donors (Lipinski definition) is 1. The van der Waals surface area contributed by atoms with E-state index >= 15 is 0 Å². The number of carbonyl (C=O) groups is 1. The van der Waals surface area contributed by atoms with Gasteiger partial charge in [-0.05, 0) is 26.8 Å². The molecule has 0 bridgehead atoms. The smallest absolute Gasteiger partial charge is 0.333 e. The van der Waals surface area contributed by atoms with Gasteiger partial charge in [0.15, 0.2) is 0 Å². The summed E-state index contributed by atoms with van der Waals surface area (Å²) in [7, 11) is 0. The summed E-state index contributed by atoms with van der Waals surface area (Å²) in [6.07, 6.45) is 2.74. The van der Waals surface area contributed by atoms with Crippen molar-refractivity contribution < 1.29 is 9.53 Å². The molecule has 0 fully saturated rings. The predicted octanol–water partition coefficient (Wildman–Crippen LogP) is 1.87. The van der Waals surface area contributed by atoms with E-state index < -0.39 is 0 Å². The van der Waals surface area contributed by atoms with Crippen molar-refractivity contribution in [3.05, 3.63) is 11.6 Å². The number of hydrogen-bond acceptors (Lipinski definition) is 3. The molecule has 0 aromatic rings. The fourth-order valence-corrected chi connectivity index (χ4v) is 0.634. The molecule has 2 N–H and O–H groups in total. The summed E-state index contributed by atoms with van der Waals surface area (Å²) >= 11 is 0. The first-order chi connectivity index (χ1) is 6.13. The van der Waals surface area contributed by atoms with Crippen LogP contribution in [0.15, 0.2) is 11.6 Å². The van der Waals surface area contributed by atoms with Gasteiger partial charge in [0.05, 0.1) is 6.61 Å². The molecule has 0 saturated carbocycles. The molecular formula is C10H21NO2. The lowest BCUT2D eigenvalue weighted by molar-refractivity contribution is -0.138. The first-order valence-electron chi connectivity index (χ1n) is 4.67. The zero-order chi connectivity index (χ0) is 10.7. The molecule has 0 rings (SSSR count). The minimum Gasteiger partial charge on any atom is -0.463 e. The molecule has 78 valence electrons. The lowest BCUT2D eigenvalue weighted by Gasteiger charge is -1.99. The van der Waals surface area contributed by atoms with Crippen molar-refractivity contribution in [2.45, 2.75) is 34.1 Å². The highest BCUT2D eigenvalue weighted by Crippen LogP contribution is 1.97. The summed E-state index contributed by atoms with van der Waals surface area (Å²) in [5, 5.41) is 0. The van der Waals surface area contributed by atoms with Gasteiger partial charge in [-0.15, -0.1) is 0 Å². The van der Waals surface area contributed by atoms with Crippen molar-refractivity contribution in [1.82, 2.24) is 0 Å². The van der Waals surface area contributed by atoms with Gasteiger partial charge in [0.1, 0.15) is 0 Å². The Hall–Kier alpha value is -0.830. The summed E-state index contributed by atoms with van der Waals surface area (Å²) in [5.41, 5.74) is 5.55. The van der Waals surface area contributed by atoms with Crippen molar-refractivity contribution in [2.24, 2.45) is 5.73 Å². The molecule has 3 heteroatoms. The number of esters is 1. The highest BCUT2D eigenvalue weighted by molar-refractivity contribution is 5.87. The normalized spacial score (nSPS) is 10.1. The van der Waals surface area contributed by atoms with Crippen LogP contribution in [0.5, 0.6) is 0 Å². The van der Waals surface area contributed by atoms with E-state index in [2.05, 4.69) is 0 Å². The molecule has 0 aliphatic heterocycles. The van der Waals surface area contributed by atoms with Crippen LogP contribution in [0.25, 0.3) is 0 Å². The third-order valence-corrected chi connectivity index (χ3v) is 1.11. The Morgan fingerprint density at radius 2 is 1.85 bits per heavy atom. The van der Waals surface area contributed by atoms with Gasteiger partial charge in [-0.1, -0.05) is 19.9 Å². The summed E-state index contributed by atoms with van der Waals surface area (Å²) in [5.74, 6) is -0.204. The van der Waals surface area contributed by atoms with E-state index in [1.807, 2.05) is 19.9 Å². The van der Waals surface area contributed by atoms with E-state index in [0.29, 0.717) is 12.2 Å². The van der Waals surface area contributed by atoms with Gasteiger partial charge < -0.3 is 10.5 Å². The molecule has 13 heavy (non-hydrogen) atoms. The zero-order valence-corrected chi connectivity index (χ0v) is 9.09. The monoisotopic (exact) mass is 187 g/mol. The van der Waals surface area contributed by atoms with E-state index in [1.165, 1.54) is 0 Å². The Balaban J connectivity index is 0. The largest absolute Gasteiger partial charge is 0.463 e. The maximum absolute atomic E-state index is 10.8. The molecular weight excluding hydrogens is 166 g/mol. The van der Waals surface area contributed by atoms with Gasteiger partial charge in [-0.25, -0.2) is 4.79 Å². The van der Waals surface area contributed by atoms with Gasteiger partial charge in [0, 0.05) is 5.57 Å². The van der Waals surface area contributed by atoms with Crippen molar-refractivity contribution in [3.8, 4) is 0 Å². The molecule has 0 aromatic carbocycles. The van der Waals surface area contributed by atoms with Gasteiger partial charge in [-0.3, -0.25) is 0 Å². The van der Waals surface area contributed by atoms with E-state index in [0.717, 1.165) is 13.0 Å². The minimum absolute atomic E-state index is 0.204. The topological polar surface area (TPSA) is 52.3 Å². The fourth-order valence-electron chi connectivity index (χ4n) is 0.634. The molecule has 0 aromatic heterocycles. The number of rotatable bonds is 3. The van der Waals surface area contributed by atoms with E-state index in [1.54, 1.807) is 13.8 Å². The number of carbonyl (C=O) groups excluding carboxylic acids is 1. The molecule has 0 unspecified atom stereocenters. The highest BCUT2D eigenvalue weighted by Gasteiger charge is 2.01. The Bertz CT molecular complexity index is 153.